The minimum absolute atomic E-state index is 0.0421. The maximum absolute atomic E-state index is 14.7. The van der Waals surface area contributed by atoms with Gasteiger partial charge in [0, 0.05) is 44.6 Å². The third kappa shape index (κ3) is 10.0. The molecule has 2 aromatic rings. The van der Waals surface area contributed by atoms with Crippen LogP contribution in [0.3, 0.4) is 0 Å². The van der Waals surface area contributed by atoms with E-state index in [2.05, 4.69) is 20.6 Å². The van der Waals surface area contributed by atoms with Crippen molar-refractivity contribution in [2.24, 2.45) is 16.6 Å². The normalized spacial score (nSPS) is 21.1. The largest absolute Gasteiger partial charge is 0.402 e. The van der Waals surface area contributed by atoms with Gasteiger partial charge in [0.15, 0.2) is 0 Å². The summed E-state index contributed by atoms with van der Waals surface area (Å²) in [5, 5.41) is 21.6. The van der Waals surface area contributed by atoms with E-state index in [4.69, 9.17) is 10.5 Å². The number of aliphatic hydroxyl groups is 1. The maximum Gasteiger partial charge on any atom is 0.402 e. The number of nitrogens with one attached hydrogen (secondary N) is 2. The van der Waals surface area contributed by atoms with Gasteiger partial charge in [-0.25, -0.2) is 22.8 Å². The molecule has 0 spiro atoms. The van der Waals surface area contributed by atoms with Gasteiger partial charge >= 0.3 is 6.18 Å². The molecular formula is C35H45F3N8O9S. The second-order valence-electron chi connectivity index (χ2n) is 14.9. The van der Waals surface area contributed by atoms with Crippen LogP contribution in [0.4, 0.5) is 13.2 Å². The number of sulfonamides is 1. The summed E-state index contributed by atoms with van der Waals surface area (Å²) in [4.78, 5) is 72.6. The molecule has 2 saturated heterocycles. The molecule has 3 heterocycles. The number of alkyl halides is 3. The van der Waals surface area contributed by atoms with E-state index in [0.29, 0.717) is 0 Å². The van der Waals surface area contributed by atoms with E-state index >= 15 is 0 Å². The van der Waals surface area contributed by atoms with E-state index in [-0.39, 0.29) is 68.3 Å². The maximum atomic E-state index is 14.7. The van der Waals surface area contributed by atoms with Crippen molar-refractivity contribution in [3.63, 3.8) is 0 Å². The Morgan fingerprint density at radius 3 is 2.29 bits per heavy atom. The monoisotopic (exact) mass is 810 g/mol. The number of likely N-dealkylation sites (tertiary alicyclic amines) is 1. The van der Waals surface area contributed by atoms with Crippen LogP contribution >= 0.6 is 0 Å². The molecule has 56 heavy (non-hydrogen) atoms. The molecule has 21 heteroatoms. The average molecular weight is 811 g/mol. The Morgan fingerprint density at radius 2 is 1.70 bits per heavy atom. The van der Waals surface area contributed by atoms with Crippen LogP contribution in [0.1, 0.15) is 93.7 Å². The molecule has 0 radical (unpaired) electrons. The number of aromatic nitrogens is 3. The molecule has 0 bridgehead atoms. The van der Waals surface area contributed by atoms with Crippen molar-refractivity contribution in [2.45, 2.75) is 106 Å². The number of rotatable bonds is 13. The number of carbonyl (C=O) groups is 5. The van der Waals surface area contributed by atoms with Crippen LogP contribution in [0.2, 0.25) is 0 Å². The molecule has 1 aliphatic carbocycles. The molecule has 1 aromatic carbocycles. The first-order valence-electron chi connectivity index (χ1n) is 18.2. The summed E-state index contributed by atoms with van der Waals surface area (Å²) >= 11 is 0. The highest BCUT2D eigenvalue weighted by Crippen LogP contribution is 2.34. The van der Waals surface area contributed by atoms with Gasteiger partial charge in [0.1, 0.15) is 29.4 Å². The minimum Gasteiger partial charge on any atom is -0.384 e. The summed E-state index contributed by atoms with van der Waals surface area (Å²) in [5.74, 6) is -4.85. The number of halogens is 3. The molecule has 0 unspecified atom stereocenters. The van der Waals surface area contributed by atoms with E-state index in [1.165, 1.54) is 34.3 Å². The zero-order valence-corrected chi connectivity index (χ0v) is 31.7. The molecule has 2 aliphatic heterocycles. The number of nitrogens with two attached hydrogens (primary N) is 1. The summed E-state index contributed by atoms with van der Waals surface area (Å²) in [6.45, 7) is 1.14. The molecule has 5 rings (SSSR count). The molecule has 17 nitrogen and oxygen atoms in total. The van der Waals surface area contributed by atoms with Gasteiger partial charge in [-0.3, -0.25) is 24.0 Å². The quantitative estimate of drug-likeness (QED) is 0.167. The molecule has 1 aromatic heterocycles. The number of hydrogen-bond donors (Lipinski definition) is 4. The lowest BCUT2D eigenvalue weighted by Gasteiger charge is -2.37. The number of benzene rings is 1. The summed E-state index contributed by atoms with van der Waals surface area (Å²) in [6.07, 6.45) is 0.608. The topological polar surface area (TPSA) is 245 Å². The Balaban J connectivity index is 1.50. The number of hydrogen-bond acceptors (Lipinski definition) is 11. The highest BCUT2D eigenvalue weighted by Gasteiger charge is 2.49. The summed E-state index contributed by atoms with van der Waals surface area (Å²) in [7, 11) is -4.58. The van der Waals surface area contributed by atoms with Crippen LogP contribution in [0.25, 0.3) is 0 Å². The Hall–Kier alpha value is -4.60. The number of primary amides is 1. The highest BCUT2D eigenvalue weighted by molar-refractivity contribution is 7.89. The van der Waals surface area contributed by atoms with E-state index in [9.17, 15) is 50.7 Å². The number of amides is 4. The molecule has 1 saturated carbocycles. The first kappa shape index (κ1) is 42.5. The van der Waals surface area contributed by atoms with Gasteiger partial charge in [0.05, 0.1) is 22.8 Å². The number of aliphatic imine (C=N–C) groups is 1. The lowest BCUT2D eigenvalue weighted by atomic mass is 9.84. The van der Waals surface area contributed by atoms with Crippen molar-refractivity contribution >= 4 is 45.1 Å². The third-order valence-corrected chi connectivity index (χ3v) is 11.7. The molecule has 2 atom stereocenters. The number of ketones is 1. The second kappa shape index (κ2) is 16.9. The van der Waals surface area contributed by atoms with Gasteiger partial charge in [0.25, 0.3) is 17.7 Å². The highest BCUT2D eigenvalue weighted by atomic mass is 32.2. The van der Waals surface area contributed by atoms with E-state index in [0.717, 1.165) is 56.4 Å². The summed E-state index contributed by atoms with van der Waals surface area (Å²) in [6, 6.07) is 1.96. The van der Waals surface area contributed by atoms with E-state index in [1.54, 1.807) is 0 Å². The fourth-order valence-electron chi connectivity index (χ4n) is 7.33. The predicted octanol–water partition coefficient (Wildman–Crippen LogP) is 1.46. The smallest absolute Gasteiger partial charge is 0.384 e. The second-order valence-corrected chi connectivity index (χ2v) is 16.7. The molecule has 306 valence electrons. The van der Waals surface area contributed by atoms with Gasteiger partial charge < -0.3 is 25.8 Å². The van der Waals surface area contributed by atoms with Crippen LogP contribution in [0.15, 0.2) is 40.4 Å². The van der Waals surface area contributed by atoms with Crippen molar-refractivity contribution < 1.29 is 55.4 Å². The zero-order valence-electron chi connectivity index (χ0n) is 30.9. The number of Topliss-reactive ketones (excluding diaryl/α,β-unsaturated/α-hetero) is 1. The number of nitrogens with zero attached hydrogens (tertiary/aromatic N) is 5. The van der Waals surface area contributed by atoms with Gasteiger partial charge in [-0.1, -0.05) is 37.3 Å². The van der Waals surface area contributed by atoms with Gasteiger partial charge in [-0.2, -0.15) is 13.2 Å². The molecule has 3 fully saturated rings. The molecule has 5 N–H and O–H groups in total. The van der Waals surface area contributed by atoms with Crippen molar-refractivity contribution in [2.75, 3.05) is 26.3 Å². The van der Waals surface area contributed by atoms with Crippen molar-refractivity contribution in [1.29, 1.82) is 0 Å². The van der Waals surface area contributed by atoms with E-state index < -0.39 is 80.3 Å². The fraction of sp³-hybridized carbons (Fsp3) is 0.600. The van der Waals surface area contributed by atoms with Gasteiger partial charge in [0.2, 0.25) is 21.7 Å². The van der Waals surface area contributed by atoms with Crippen molar-refractivity contribution in [3.05, 3.63) is 41.7 Å². The SMILES string of the molecule is CC(C)(O)c1cnnn1[C@H]1C[C@@H](C(=O)NC2(C(=O)C(N)=O)CCOCC2)N(C(=O)/C(CC2CCCCC2)=N/C(=O)c2ccc(S(=O)(=O)NCC(F)(F)F)cc2)C1. The van der Waals surface area contributed by atoms with Gasteiger partial charge in [-0.05, 0) is 50.5 Å². The first-order chi connectivity index (χ1) is 26.2. The average Bonchev–Trinajstić information content (AvgIpc) is 3.83. The zero-order chi connectivity index (χ0) is 41.1. The molecule has 4 amide bonds. The Kier molecular flexibility index (Phi) is 12.8. The Bertz CT molecular complexity index is 1950. The number of carbonyl (C=O) groups excluding carboxylic acids is 5. The minimum atomic E-state index is -4.80. The predicted molar refractivity (Wildman–Crippen MR) is 190 cm³/mol. The first-order valence-corrected chi connectivity index (χ1v) is 19.7. The standard InChI is InChI=1S/C35H45F3N8O9S/c1-33(2,52)27-18-40-44-46(27)23-17-26(31(50)43-34(28(47)29(39)48)12-14-55-15-13-34)45(19-23)32(51)25(16-21-6-4-3-5-7-21)42-30(49)22-8-10-24(11-9-22)56(53,54)41-20-35(36,37)38/h8-11,18,21,23,26,41,52H,3-7,12-17,19-20H2,1-2H3,(H2,39,48)(H,43,50)/b42-25+/t23-,26-/m0/s1. The fourth-order valence-corrected chi connectivity index (χ4v) is 8.35. The summed E-state index contributed by atoms with van der Waals surface area (Å²) in [5.41, 5.74) is 2.17. The van der Waals surface area contributed by atoms with Crippen LogP contribution < -0.4 is 15.8 Å². The van der Waals surface area contributed by atoms with Crippen LogP contribution in [-0.2, 0) is 39.5 Å². The van der Waals surface area contributed by atoms with Crippen LogP contribution in [0.5, 0.6) is 0 Å². The van der Waals surface area contributed by atoms with E-state index in [1.807, 2.05) is 0 Å². The van der Waals surface area contributed by atoms with Crippen molar-refractivity contribution in [1.82, 2.24) is 29.9 Å². The lowest BCUT2D eigenvalue weighted by Crippen LogP contribution is -2.63. The van der Waals surface area contributed by atoms with Crippen LogP contribution in [0, 0.1) is 5.92 Å². The Labute approximate surface area is 320 Å². The van der Waals surface area contributed by atoms with Crippen LogP contribution in [-0.4, -0.2) is 113 Å². The molecule has 3 aliphatic rings. The third-order valence-electron chi connectivity index (χ3n) is 10.3. The summed E-state index contributed by atoms with van der Waals surface area (Å²) < 4.78 is 71.0. The van der Waals surface area contributed by atoms with Gasteiger partial charge in [-0.15, -0.1) is 5.10 Å². The number of ether oxygens (including phenoxy) is 1. The lowest BCUT2D eigenvalue weighted by molar-refractivity contribution is -0.146. The Morgan fingerprint density at radius 1 is 1.05 bits per heavy atom. The molecular weight excluding hydrogens is 765 g/mol. The van der Waals surface area contributed by atoms with Crippen molar-refractivity contribution in [3.8, 4) is 0 Å².